The number of anilines is 1. The Bertz CT molecular complexity index is 1380. The smallest absolute Gasteiger partial charge is 0.405 e. The molecule has 1 aromatic heterocycles. The van der Waals surface area contributed by atoms with Gasteiger partial charge in [-0.25, -0.2) is 9.59 Å². The quantitative estimate of drug-likeness (QED) is 0.463. The first kappa shape index (κ1) is 22.9. The Balaban J connectivity index is 1.29. The zero-order chi connectivity index (χ0) is 24.4. The summed E-state index contributed by atoms with van der Waals surface area (Å²) >= 11 is 0. The molecule has 180 valence electrons. The van der Waals surface area contributed by atoms with E-state index in [0.29, 0.717) is 11.1 Å². The lowest BCUT2D eigenvalue weighted by Crippen LogP contribution is -2.46. The lowest BCUT2D eigenvalue weighted by molar-refractivity contribution is 0.239. The Hall–Kier alpha value is -3.84. The summed E-state index contributed by atoms with van der Waals surface area (Å²) in [4.78, 5) is 29.7. The van der Waals surface area contributed by atoms with E-state index in [1.165, 1.54) is 16.7 Å². The van der Waals surface area contributed by atoms with Gasteiger partial charge in [-0.15, -0.1) is 0 Å². The number of nitrogens with zero attached hydrogens (tertiary/aromatic N) is 3. The van der Waals surface area contributed by atoms with Gasteiger partial charge in [0.05, 0.1) is 5.69 Å². The van der Waals surface area contributed by atoms with Crippen molar-refractivity contribution in [1.29, 1.82) is 0 Å². The van der Waals surface area contributed by atoms with E-state index in [1.807, 2.05) is 32.0 Å². The molecule has 0 radical (unpaired) electrons. The van der Waals surface area contributed by atoms with Crippen molar-refractivity contribution < 1.29 is 9.21 Å². The van der Waals surface area contributed by atoms with Gasteiger partial charge >= 0.3 is 11.8 Å². The third-order valence-corrected chi connectivity index (χ3v) is 6.35. The molecule has 7 heteroatoms. The van der Waals surface area contributed by atoms with Crippen molar-refractivity contribution in [3.63, 3.8) is 0 Å². The van der Waals surface area contributed by atoms with E-state index in [0.717, 1.165) is 43.0 Å². The second kappa shape index (κ2) is 9.80. The molecule has 5 rings (SSSR count). The standard InChI is InChI=1S/C28H30N4O3/c1-20(2)29-27(33)32-25-13-7-12-24(26(25)35-28(32)34)31-16-14-30(15-17-31)19-21-8-6-11-23(18-21)22-9-4-3-5-10-22/h3-13,18,20H,14-17,19H2,1-2H3,(H,29,33). The largest absolute Gasteiger partial charge is 0.428 e. The van der Waals surface area contributed by atoms with Crippen molar-refractivity contribution in [1.82, 2.24) is 14.8 Å². The third kappa shape index (κ3) is 4.86. The van der Waals surface area contributed by atoms with E-state index in [2.05, 4.69) is 63.6 Å². The molecular formula is C28H30N4O3. The van der Waals surface area contributed by atoms with Gasteiger partial charge in [-0.2, -0.15) is 4.57 Å². The van der Waals surface area contributed by atoms with Crippen LogP contribution in [-0.4, -0.2) is 47.7 Å². The molecule has 2 heterocycles. The van der Waals surface area contributed by atoms with Crippen LogP contribution in [0.4, 0.5) is 10.5 Å². The van der Waals surface area contributed by atoms with E-state index in [1.54, 1.807) is 6.07 Å². The van der Waals surface area contributed by atoms with Crippen LogP contribution in [0.25, 0.3) is 22.2 Å². The number of fused-ring (bicyclic) bond motifs is 1. The number of hydrogen-bond acceptors (Lipinski definition) is 5. The van der Waals surface area contributed by atoms with Crippen molar-refractivity contribution in [2.75, 3.05) is 31.1 Å². The summed E-state index contributed by atoms with van der Waals surface area (Å²) in [5.41, 5.74) is 5.55. The number of para-hydroxylation sites is 1. The molecule has 0 aliphatic carbocycles. The van der Waals surface area contributed by atoms with Gasteiger partial charge in [0, 0.05) is 38.8 Å². The number of carbonyl (C=O) groups is 1. The third-order valence-electron chi connectivity index (χ3n) is 6.35. The number of amides is 1. The van der Waals surface area contributed by atoms with Crippen LogP contribution in [0.15, 0.2) is 82.0 Å². The van der Waals surface area contributed by atoms with Crippen molar-refractivity contribution in [3.05, 3.63) is 88.9 Å². The minimum atomic E-state index is -0.664. The predicted molar refractivity (Wildman–Crippen MR) is 139 cm³/mol. The summed E-state index contributed by atoms with van der Waals surface area (Å²) in [5.74, 6) is -0.664. The minimum Gasteiger partial charge on any atom is -0.405 e. The minimum absolute atomic E-state index is 0.0796. The fraction of sp³-hybridized carbons (Fsp3) is 0.286. The molecule has 0 unspecified atom stereocenters. The van der Waals surface area contributed by atoms with Gasteiger partial charge in [0.25, 0.3) is 0 Å². The molecule has 1 aliphatic heterocycles. The van der Waals surface area contributed by atoms with Crippen LogP contribution in [0, 0.1) is 0 Å². The molecule has 0 bridgehead atoms. The van der Waals surface area contributed by atoms with Crippen molar-refractivity contribution in [3.8, 4) is 11.1 Å². The second-order valence-corrected chi connectivity index (χ2v) is 9.26. The molecule has 3 aromatic carbocycles. The number of carbonyl (C=O) groups excluding carboxylic acids is 1. The zero-order valence-electron chi connectivity index (χ0n) is 20.1. The van der Waals surface area contributed by atoms with Crippen molar-refractivity contribution in [2.24, 2.45) is 0 Å². The first-order valence-corrected chi connectivity index (χ1v) is 12.1. The number of piperazine rings is 1. The summed E-state index contributed by atoms with van der Waals surface area (Å²) in [5, 5.41) is 2.76. The number of benzene rings is 3. The monoisotopic (exact) mass is 470 g/mol. The fourth-order valence-electron chi connectivity index (χ4n) is 4.66. The number of aromatic nitrogens is 1. The van der Waals surface area contributed by atoms with Gasteiger partial charge in [0.1, 0.15) is 5.52 Å². The van der Waals surface area contributed by atoms with Crippen LogP contribution >= 0.6 is 0 Å². The summed E-state index contributed by atoms with van der Waals surface area (Å²) in [6.07, 6.45) is 0. The Kier molecular flexibility index (Phi) is 6.42. The SMILES string of the molecule is CC(C)NC(=O)n1c(=O)oc2c(N3CCN(Cc4cccc(-c5ccccc5)c4)CC3)cccc21. The summed E-state index contributed by atoms with van der Waals surface area (Å²) < 4.78 is 6.63. The molecule has 0 atom stereocenters. The maximum atomic E-state index is 12.5. The molecule has 0 saturated carbocycles. The van der Waals surface area contributed by atoms with E-state index >= 15 is 0 Å². The number of oxazole rings is 1. The van der Waals surface area contributed by atoms with Gasteiger partial charge in [-0.05, 0) is 48.7 Å². The molecule has 4 aromatic rings. The predicted octanol–water partition coefficient (Wildman–Crippen LogP) is 4.55. The molecule has 1 aliphatic rings. The Morgan fingerprint density at radius 2 is 1.63 bits per heavy atom. The lowest BCUT2D eigenvalue weighted by atomic mass is 10.0. The van der Waals surface area contributed by atoms with Gasteiger partial charge in [0.2, 0.25) is 0 Å². The molecule has 1 saturated heterocycles. The second-order valence-electron chi connectivity index (χ2n) is 9.26. The highest BCUT2D eigenvalue weighted by Crippen LogP contribution is 2.28. The normalized spacial score (nSPS) is 14.5. The number of hydrogen-bond donors (Lipinski definition) is 1. The summed E-state index contributed by atoms with van der Waals surface area (Å²) in [6.45, 7) is 8.01. The van der Waals surface area contributed by atoms with Crippen LogP contribution in [0.1, 0.15) is 19.4 Å². The maximum absolute atomic E-state index is 12.5. The Labute approximate surface area is 204 Å². The van der Waals surface area contributed by atoms with E-state index in [9.17, 15) is 9.59 Å². The van der Waals surface area contributed by atoms with Crippen molar-refractivity contribution in [2.45, 2.75) is 26.4 Å². The van der Waals surface area contributed by atoms with Crippen molar-refractivity contribution >= 4 is 22.8 Å². The molecule has 1 amide bonds. The molecule has 1 N–H and O–H groups in total. The van der Waals surface area contributed by atoms with Gasteiger partial charge in [-0.3, -0.25) is 4.90 Å². The topological polar surface area (TPSA) is 70.7 Å². The average molecular weight is 471 g/mol. The molecule has 0 spiro atoms. The summed E-state index contributed by atoms with van der Waals surface area (Å²) in [6, 6.07) is 24.2. The van der Waals surface area contributed by atoms with Crippen LogP contribution in [0.5, 0.6) is 0 Å². The zero-order valence-corrected chi connectivity index (χ0v) is 20.1. The van der Waals surface area contributed by atoms with Crippen LogP contribution in [0.2, 0.25) is 0 Å². The highest BCUT2D eigenvalue weighted by atomic mass is 16.4. The van der Waals surface area contributed by atoms with E-state index in [4.69, 9.17) is 4.42 Å². The molecule has 1 fully saturated rings. The van der Waals surface area contributed by atoms with Gasteiger partial charge in [0.15, 0.2) is 5.58 Å². The number of nitrogens with one attached hydrogen (secondary N) is 1. The number of rotatable bonds is 5. The van der Waals surface area contributed by atoms with Crippen LogP contribution < -0.4 is 16.0 Å². The van der Waals surface area contributed by atoms with Gasteiger partial charge < -0.3 is 14.6 Å². The highest BCUT2D eigenvalue weighted by molar-refractivity contribution is 5.94. The maximum Gasteiger partial charge on any atom is 0.428 e. The van der Waals surface area contributed by atoms with Crippen LogP contribution in [-0.2, 0) is 6.54 Å². The Morgan fingerprint density at radius 1 is 0.914 bits per heavy atom. The van der Waals surface area contributed by atoms with E-state index < -0.39 is 11.8 Å². The van der Waals surface area contributed by atoms with E-state index in [-0.39, 0.29) is 6.04 Å². The Morgan fingerprint density at radius 3 is 2.37 bits per heavy atom. The average Bonchev–Trinajstić information content (AvgIpc) is 3.21. The van der Waals surface area contributed by atoms with Crippen LogP contribution in [0.3, 0.4) is 0 Å². The summed E-state index contributed by atoms with van der Waals surface area (Å²) in [7, 11) is 0. The van der Waals surface area contributed by atoms with Gasteiger partial charge in [-0.1, -0.05) is 54.6 Å². The lowest BCUT2D eigenvalue weighted by Gasteiger charge is -2.36. The molecule has 35 heavy (non-hydrogen) atoms. The highest BCUT2D eigenvalue weighted by Gasteiger charge is 2.23. The fourth-order valence-corrected chi connectivity index (χ4v) is 4.66. The first-order valence-electron chi connectivity index (χ1n) is 12.1. The first-order chi connectivity index (χ1) is 17.0. The molecule has 7 nitrogen and oxygen atoms in total. The molecular weight excluding hydrogens is 440 g/mol.